The monoisotopic (exact) mass is 509 g/mol. The van der Waals surface area contributed by atoms with Crippen LogP contribution in [0.15, 0.2) is 52.7 Å². The van der Waals surface area contributed by atoms with Crippen LogP contribution >= 0.6 is 24.0 Å². The van der Waals surface area contributed by atoms with E-state index in [0.29, 0.717) is 11.5 Å². The average Bonchev–Trinajstić information content (AvgIpc) is 2.83. The third-order valence-corrected chi connectivity index (χ3v) is 5.71. The molecule has 0 amide bonds. The molecule has 0 unspecified atom stereocenters. The second-order valence-electron chi connectivity index (χ2n) is 8.46. The number of azo groups is 1. The van der Waals surface area contributed by atoms with E-state index in [1.54, 1.807) is 12.1 Å². The van der Waals surface area contributed by atoms with Gasteiger partial charge in [-0.2, -0.15) is 5.11 Å². The largest absolute Gasteiger partial charge is 0.384 e. The molecular weight excluding hydrogens is 465 g/mol. The molecule has 0 saturated heterocycles. The number of alkyl halides is 1. The zero-order chi connectivity index (χ0) is 24.0. The summed E-state index contributed by atoms with van der Waals surface area (Å²) in [6.07, 6.45) is 19.8. The minimum Gasteiger partial charge on any atom is -0.384 e. The van der Waals surface area contributed by atoms with Gasteiger partial charge in [-0.1, -0.05) is 109 Å². The maximum absolute atomic E-state index is 5.64. The molecule has 0 spiro atoms. The highest BCUT2D eigenvalue weighted by Crippen LogP contribution is 2.23. The molecule has 192 valence electrons. The predicted molar refractivity (Wildman–Crippen MR) is 152 cm³/mol. The summed E-state index contributed by atoms with van der Waals surface area (Å²) in [7, 11) is 0. The molecule has 0 radical (unpaired) electrons. The lowest BCUT2D eigenvalue weighted by Gasteiger charge is -2.02. The van der Waals surface area contributed by atoms with Gasteiger partial charge in [-0.05, 0) is 30.7 Å². The normalized spacial score (nSPS) is 10.5. The summed E-state index contributed by atoms with van der Waals surface area (Å²) in [6, 6.07) is 12.7. The van der Waals surface area contributed by atoms with Crippen molar-refractivity contribution >= 4 is 47.0 Å². The molecule has 0 atom stereocenters. The first kappa shape index (κ1) is 32.1. The molecule has 0 fully saturated rings. The smallest absolute Gasteiger partial charge is 0.153 e. The molecular formula is C27H45Cl2N5. The minimum atomic E-state index is 0. The van der Waals surface area contributed by atoms with Gasteiger partial charge >= 0.3 is 0 Å². The molecule has 0 aliphatic heterocycles. The molecule has 1 aromatic carbocycles. The number of halogens is 2. The molecule has 5 nitrogen and oxygen atoms in total. The number of rotatable bonds is 16. The first-order valence-corrected chi connectivity index (χ1v) is 13.3. The van der Waals surface area contributed by atoms with Crippen LogP contribution in [-0.4, -0.2) is 10.9 Å². The van der Waals surface area contributed by atoms with E-state index in [1.807, 2.05) is 30.3 Å². The quantitative estimate of drug-likeness (QED) is 0.134. The van der Waals surface area contributed by atoms with Crippen molar-refractivity contribution in [3.8, 4) is 0 Å². The van der Waals surface area contributed by atoms with Gasteiger partial charge in [0.25, 0.3) is 0 Å². The highest BCUT2D eigenvalue weighted by molar-refractivity contribution is 6.17. The Kier molecular flexibility index (Phi) is 21.7. The summed E-state index contributed by atoms with van der Waals surface area (Å²) in [6.45, 7) is 2.28. The summed E-state index contributed by atoms with van der Waals surface area (Å²) >= 11 is 5.64. The number of hydrogen-bond donors (Lipinski definition) is 2. The van der Waals surface area contributed by atoms with Crippen LogP contribution in [-0.2, 0) is 0 Å². The number of nitrogen functional groups attached to an aromatic ring is 2. The summed E-state index contributed by atoms with van der Waals surface area (Å²) in [5.41, 5.74) is 12.4. The van der Waals surface area contributed by atoms with Crippen molar-refractivity contribution in [1.82, 2.24) is 4.98 Å². The second-order valence-corrected chi connectivity index (χ2v) is 8.84. The highest BCUT2D eigenvalue weighted by Gasteiger charge is 1.99. The Morgan fingerprint density at radius 3 is 1.65 bits per heavy atom. The first-order chi connectivity index (χ1) is 16.2. The van der Waals surface area contributed by atoms with Crippen molar-refractivity contribution in [1.29, 1.82) is 0 Å². The van der Waals surface area contributed by atoms with Crippen LogP contribution in [0.1, 0.15) is 96.8 Å². The Balaban J connectivity index is 0.000000622. The molecule has 2 rings (SSSR count). The van der Waals surface area contributed by atoms with E-state index in [0.717, 1.165) is 11.6 Å². The second kappa shape index (κ2) is 22.9. The van der Waals surface area contributed by atoms with Crippen molar-refractivity contribution < 1.29 is 0 Å². The third-order valence-electron chi connectivity index (χ3n) is 5.44. The summed E-state index contributed by atoms with van der Waals surface area (Å²) in [5.74, 6) is 1.49. The van der Waals surface area contributed by atoms with E-state index in [1.165, 1.54) is 89.9 Å². The Bertz CT molecular complexity index is 727. The Morgan fingerprint density at radius 2 is 1.18 bits per heavy atom. The molecule has 1 aromatic heterocycles. The average molecular weight is 511 g/mol. The Morgan fingerprint density at radius 1 is 0.676 bits per heavy atom. The van der Waals surface area contributed by atoms with Gasteiger partial charge in [-0.25, -0.2) is 4.98 Å². The molecule has 1 heterocycles. The van der Waals surface area contributed by atoms with Crippen molar-refractivity contribution in [2.75, 3.05) is 17.3 Å². The van der Waals surface area contributed by atoms with E-state index >= 15 is 0 Å². The van der Waals surface area contributed by atoms with Gasteiger partial charge in [0, 0.05) is 5.88 Å². The number of aromatic nitrogens is 1. The standard InChI is InChI=1S/C16H33Cl.C11H11N5.ClH/c1-2-3-4-5-6-7-8-9-10-11-12-13-14-15-16-17;12-10-7-6-9(11(13)14-10)16-15-8-4-2-1-3-5-8;/h2-16H2,1H3;1-7H,(H4,12,13,14);1H/b;16-15+;. The zero-order valence-electron chi connectivity index (χ0n) is 20.9. The van der Waals surface area contributed by atoms with Gasteiger partial charge in [0.1, 0.15) is 11.5 Å². The molecule has 2 aromatic rings. The van der Waals surface area contributed by atoms with Gasteiger partial charge in [-0.15, -0.1) is 29.1 Å². The molecule has 0 aliphatic carbocycles. The van der Waals surface area contributed by atoms with Crippen LogP contribution in [0.3, 0.4) is 0 Å². The molecule has 7 heteroatoms. The number of nitrogens with zero attached hydrogens (tertiary/aromatic N) is 3. The van der Waals surface area contributed by atoms with Crippen LogP contribution in [0.25, 0.3) is 0 Å². The van der Waals surface area contributed by atoms with Crippen molar-refractivity contribution in [2.45, 2.75) is 96.8 Å². The first-order valence-electron chi connectivity index (χ1n) is 12.7. The van der Waals surface area contributed by atoms with E-state index in [9.17, 15) is 0 Å². The van der Waals surface area contributed by atoms with Crippen molar-refractivity contribution in [2.24, 2.45) is 10.2 Å². The predicted octanol–water partition coefficient (Wildman–Crippen LogP) is 9.79. The van der Waals surface area contributed by atoms with E-state index in [2.05, 4.69) is 22.1 Å². The van der Waals surface area contributed by atoms with Crippen molar-refractivity contribution in [3.05, 3.63) is 42.5 Å². The van der Waals surface area contributed by atoms with Gasteiger partial charge in [0.2, 0.25) is 0 Å². The van der Waals surface area contributed by atoms with Gasteiger partial charge in [0.15, 0.2) is 5.82 Å². The minimum absolute atomic E-state index is 0. The van der Waals surface area contributed by atoms with Gasteiger partial charge in [-0.3, -0.25) is 0 Å². The molecule has 34 heavy (non-hydrogen) atoms. The molecule has 0 bridgehead atoms. The number of hydrogen-bond acceptors (Lipinski definition) is 5. The van der Waals surface area contributed by atoms with E-state index in [-0.39, 0.29) is 18.2 Å². The lowest BCUT2D eigenvalue weighted by atomic mass is 10.0. The van der Waals surface area contributed by atoms with Crippen LogP contribution in [0.2, 0.25) is 0 Å². The van der Waals surface area contributed by atoms with Gasteiger partial charge in [0.05, 0.1) is 5.69 Å². The molecule has 4 N–H and O–H groups in total. The number of nitrogens with two attached hydrogens (primary N) is 2. The summed E-state index contributed by atoms with van der Waals surface area (Å²) < 4.78 is 0. The molecule has 0 aliphatic rings. The Labute approximate surface area is 218 Å². The third kappa shape index (κ3) is 17.6. The maximum Gasteiger partial charge on any atom is 0.153 e. The van der Waals surface area contributed by atoms with E-state index < -0.39 is 0 Å². The van der Waals surface area contributed by atoms with Crippen LogP contribution in [0.4, 0.5) is 23.0 Å². The fourth-order valence-corrected chi connectivity index (χ4v) is 3.65. The zero-order valence-corrected chi connectivity index (χ0v) is 22.5. The molecule has 0 saturated carbocycles. The number of anilines is 2. The fourth-order valence-electron chi connectivity index (χ4n) is 3.46. The fraction of sp³-hybridized carbons (Fsp3) is 0.593. The maximum atomic E-state index is 5.64. The lowest BCUT2D eigenvalue weighted by molar-refractivity contribution is 0.538. The number of unbranched alkanes of at least 4 members (excludes halogenated alkanes) is 13. The van der Waals surface area contributed by atoms with Crippen LogP contribution in [0, 0.1) is 0 Å². The van der Waals surface area contributed by atoms with Crippen LogP contribution in [0.5, 0.6) is 0 Å². The summed E-state index contributed by atoms with van der Waals surface area (Å²) in [5, 5.41) is 8.03. The highest BCUT2D eigenvalue weighted by atomic mass is 35.5. The van der Waals surface area contributed by atoms with Crippen LogP contribution < -0.4 is 11.5 Å². The Hall–Kier alpha value is -1.85. The topological polar surface area (TPSA) is 89.6 Å². The lowest BCUT2D eigenvalue weighted by Crippen LogP contribution is -1.95. The number of benzene rings is 1. The number of pyridine rings is 1. The van der Waals surface area contributed by atoms with Gasteiger partial charge < -0.3 is 11.5 Å². The SMILES string of the molecule is CCCCCCCCCCCCCCCCCl.Cl.Nc1ccc(/N=N/c2ccccc2)c(N)n1. The van der Waals surface area contributed by atoms with E-state index in [4.69, 9.17) is 23.1 Å². The summed E-state index contributed by atoms with van der Waals surface area (Å²) in [4.78, 5) is 3.89. The van der Waals surface area contributed by atoms with Crippen molar-refractivity contribution in [3.63, 3.8) is 0 Å².